The first-order valence-electron chi connectivity index (χ1n) is 10.6. The molecule has 2 aromatic rings. The minimum atomic E-state index is -0.0116. The van der Waals surface area contributed by atoms with Crippen molar-refractivity contribution in [2.45, 2.75) is 19.4 Å². The molecule has 1 amide bonds. The van der Waals surface area contributed by atoms with Crippen LogP contribution in [0.2, 0.25) is 0 Å². The number of likely N-dealkylation sites (tertiary alicyclic amines) is 1. The van der Waals surface area contributed by atoms with Crippen LogP contribution in [0.4, 0.5) is 5.69 Å². The van der Waals surface area contributed by atoms with Gasteiger partial charge in [0.15, 0.2) is 5.96 Å². The number of anilines is 1. The van der Waals surface area contributed by atoms with Gasteiger partial charge in [0.25, 0.3) is 0 Å². The molecule has 0 radical (unpaired) electrons. The number of likely N-dealkylation sites (N-methyl/N-ethyl adjacent to an activating group) is 1. The summed E-state index contributed by atoms with van der Waals surface area (Å²) in [6.07, 6.45) is 2.30. The minimum absolute atomic E-state index is 0. The topological polar surface area (TPSA) is 60.0 Å². The van der Waals surface area contributed by atoms with Gasteiger partial charge in [0, 0.05) is 32.4 Å². The zero-order valence-corrected chi connectivity index (χ0v) is 21.0. The van der Waals surface area contributed by atoms with E-state index in [-0.39, 0.29) is 29.9 Å². The molecule has 168 valence electrons. The summed E-state index contributed by atoms with van der Waals surface area (Å²) in [5.41, 5.74) is 3.33. The predicted molar refractivity (Wildman–Crippen MR) is 139 cm³/mol. The number of carbonyl (C=O) groups is 1. The number of carbonyl (C=O) groups excluding carboxylic acids is 1. The number of hydrogen-bond acceptors (Lipinski definition) is 3. The van der Waals surface area contributed by atoms with Gasteiger partial charge in [-0.05, 0) is 56.1 Å². The maximum absolute atomic E-state index is 12.0. The second-order valence-corrected chi connectivity index (χ2v) is 8.18. The van der Waals surface area contributed by atoms with Gasteiger partial charge in [0.2, 0.25) is 5.91 Å². The van der Waals surface area contributed by atoms with Crippen molar-refractivity contribution >= 4 is 41.5 Å². The predicted octanol–water partition coefficient (Wildman–Crippen LogP) is 3.44. The smallest absolute Gasteiger partial charge is 0.238 e. The first-order valence-corrected chi connectivity index (χ1v) is 10.6. The van der Waals surface area contributed by atoms with Gasteiger partial charge in [-0.2, -0.15) is 0 Å². The Labute approximate surface area is 203 Å². The molecular formula is C24H34IN5O. The van der Waals surface area contributed by atoms with Gasteiger partial charge in [-0.25, -0.2) is 0 Å². The molecular weight excluding hydrogens is 501 g/mol. The summed E-state index contributed by atoms with van der Waals surface area (Å²) in [5, 5.41) is 6.43. The van der Waals surface area contributed by atoms with E-state index >= 15 is 0 Å². The molecule has 7 heteroatoms. The van der Waals surface area contributed by atoms with E-state index in [0.717, 1.165) is 36.7 Å². The second-order valence-electron chi connectivity index (χ2n) is 8.18. The fourth-order valence-corrected chi connectivity index (χ4v) is 3.90. The average Bonchev–Trinajstić information content (AvgIpc) is 3.17. The number of nitrogens with one attached hydrogen (secondary N) is 2. The van der Waals surface area contributed by atoms with Crippen LogP contribution in [0, 0.1) is 5.92 Å². The molecule has 1 unspecified atom stereocenters. The van der Waals surface area contributed by atoms with E-state index in [1.165, 1.54) is 12.0 Å². The van der Waals surface area contributed by atoms with Crippen LogP contribution in [0.25, 0.3) is 0 Å². The van der Waals surface area contributed by atoms with E-state index in [4.69, 9.17) is 0 Å². The fourth-order valence-electron chi connectivity index (χ4n) is 3.90. The summed E-state index contributed by atoms with van der Waals surface area (Å²) >= 11 is 0. The summed E-state index contributed by atoms with van der Waals surface area (Å²) < 4.78 is 0. The first kappa shape index (κ1) is 25.1. The monoisotopic (exact) mass is 535 g/mol. The maximum atomic E-state index is 12.0. The molecule has 1 saturated heterocycles. The molecule has 0 spiro atoms. The Balaban J connectivity index is 0.00000341. The highest BCUT2D eigenvalue weighted by atomic mass is 127. The Bertz CT molecular complexity index is 856. The van der Waals surface area contributed by atoms with Crippen LogP contribution in [-0.4, -0.2) is 62.4 Å². The number of benzene rings is 2. The third-order valence-corrected chi connectivity index (χ3v) is 5.29. The van der Waals surface area contributed by atoms with Crippen molar-refractivity contribution in [1.82, 2.24) is 15.1 Å². The third kappa shape index (κ3) is 8.14. The lowest BCUT2D eigenvalue weighted by Gasteiger charge is -2.22. The molecule has 2 N–H and O–H groups in total. The number of nitrogens with zero attached hydrogens (tertiary/aromatic N) is 3. The molecule has 1 atom stereocenters. The van der Waals surface area contributed by atoms with Gasteiger partial charge in [0.1, 0.15) is 0 Å². The lowest BCUT2D eigenvalue weighted by Crippen LogP contribution is -2.39. The average molecular weight is 535 g/mol. The van der Waals surface area contributed by atoms with Crippen LogP contribution in [0.15, 0.2) is 59.6 Å². The Kier molecular flexibility index (Phi) is 10.3. The summed E-state index contributed by atoms with van der Waals surface area (Å²) in [6, 6.07) is 18.7. The van der Waals surface area contributed by atoms with Crippen molar-refractivity contribution in [3.8, 4) is 0 Å². The molecule has 0 aliphatic carbocycles. The van der Waals surface area contributed by atoms with Crippen molar-refractivity contribution in [3.05, 3.63) is 65.7 Å². The quantitative estimate of drug-likeness (QED) is 0.324. The molecule has 1 heterocycles. The highest BCUT2D eigenvalue weighted by Crippen LogP contribution is 2.21. The summed E-state index contributed by atoms with van der Waals surface area (Å²) in [5.74, 6) is 1.58. The number of rotatable bonds is 7. The Morgan fingerprint density at radius 1 is 1.13 bits per heavy atom. The van der Waals surface area contributed by atoms with Gasteiger partial charge < -0.3 is 20.4 Å². The van der Waals surface area contributed by atoms with Gasteiger partial charge in [-0.3, -0.25) is 9.79 Å². The van der Waals surface area contributed by atoms with E-state index in [1.807, 2.05) is 44.2 Å². The summed E-state index contributed by atoms with van der Waals surface area (Å²) in [7, 11) is 5.60. The van der Waals surface area contributed by atoms with Crippen LogP contribution < -0.4 is 10.6 Å². The number of hydrogen-bond donors (Lipinski definition) is 2. The van der Waals surface area contributed by atoms with Gasteiger partial charge >= 0.3 is 0 Å². The molecule has 1 aliphatic rings. The van der Waals surface area contributed by atoms with Crippen LogP contribution in [0.5, 0.6) is 0 Å². The lowest BCUT2D eigenvalue weighted by molar-refractivity contribution is -0.116. The molecule has 0 saturated carbocycles. The van der Waals surface area contributed by atoms with E-state index in [2.05, 4.69) is 56.9 Å². The van der Waals surface area contributed by atoms with Crippen LogP contribution in [0.3, 0.4) is 0 Å². The number of halogens is 1. The number of amides is 1. The molecule has 31 heavy (non-hydrogen) atoms. The van der Waals surface area contributed by atoms with Gasteiger partial charge in [0.05, 0.1) is 6.54 Å². The van der Waals surface area contributed by atoms with Crippen molar-refractivity contribution in [2.75, 3.05) is 46.1 Å². The molecule has 1 fully saturated rings. The van der Waals surface area contributed by atoms with E-state index < -0.39 is 0 Å². The highest BCUT2D eigenvalue weighted by Gasteiger charge is 2.24. The fraction of sp³-hybridized carbons (Fsp3) is 0.417. The third-order valence-electron chi connectivity index (χ3n) is 5.29. The van der Waals surface area contributed by atoms with Crippen LogP contribution >= 0.6 is 24.0 Å². The maximum Gasteiger partial charge on any atom is 0.238 e. The normalized spacial score (nSPS) is 16.2. The van der Waals surface area contributed by atoms with E-state index in [1.54, 1.807) is 0 Å². The molecule has 2 aromatic carbocycles. The van der Waals surface area contributed by atoms with Crippen LogP contribution in [-0.2, 0) is 17.8 Å². The SMILES string of the molecule is CN=C(NCc1cccc(NC(=O)CN(C)C)c1)N1CCC(Cc2ccccc2)C1.I. The first-order chi connectivity index (χ1) is 14.5. The van der Waals surface area contributed by atoms with E-state index in [9.17, 15) is 4.79 Å². The standard InChI is InChI=1S/C24H33N5O.HI/c1-25-24(29-13-12-21(17-29)14-19-8-5-4-6-9-19)26-16-20-10-7-11-22(15-20)27-23(30)18-28(2)3;/h4-11,15,21H,12-14,16-18H2,1-3H3,(H,25,26)(H,27,30);1H. The highest BCUT2D eigenvalue weighted by molar-refractivity contribution is 14.0. The summed E-state index contributed by atoms with van der Waals surface area (Å²) in [4.78, 5) is 20.7. The van der Waals surface area contributed by atoms with Crippen molar-refractivity contribution in [1.29, 1.82) is 0 Å². The molecule has 1 aliphatic heterocycles. The molecule has 0 aromatic heterocycles. The van der Waals surface area contributed by atoms with Crippen LogP contribution in [0.1, 0.15) is 17.5 Å². The van der Waals surface area contributed by atoms with Crippen molar-refractivity contribution < 1.29 is 4.79 Å². The summed E-state index contributed by atoms with van der Waals surface area (Å²) in [6.45, 7) is 3.09. The van der Waals surface area contributed by atoms with Gasteiger partial charge in [-0.15, -0.1) is 24.0 Å². The molecule has 6 nitrogen and oxygen atoms in total. The zero-order chi connectivity index (χ0) is 21.3. The van der Waals surface area contributed by atoms with Crippen molar-refractivity contribution in [2.24, 2.45) is 10.9 Å². The second kappa shape index (κ2) is 12.7. The largest absolute Gasteiger partial charge is 0.352 e. The minimum Gasteiger partial charge on any atom is -0.352 e. The zero-order valence-electron chi connectivity index (χ0n) is 18.7. The van der Waals surface area contributed by atoms with E-state index in [0.29, 0.717) is 19.0 Å². The Morgan fingerprint density at radius 2 is 1.87 bits per heavy atom. The number of guanidine groups is 1. The Hall–Kier alpha value is -2.13. The van der Waals surface area contributed by atoms with Crippen molar-refractivity contribution in [3.63, 3.8) is 0 Å². The van der Waals surface area contributed by atoms with Gasteiger partial charge in [-0.1, -0.05) is 42.5 Å². The molecule has 3 rings (SSSR count). The Morgan fingerprint density at radius 3 is 2.58 bits per heavy atom. The lowest BCUT2D eigenvalue weighted by atomic mass is 9.99. The molecule has 0 bridgehead atoms. The number of aliphatic imine (C=N–C) groups is 1.